The van der Waals surface area contributed by atoms with E-state index in [0.29, 0.717) is 37.1 Å². The Bertz CT molecular complexity index is 714. The highest BCUT2D eigenvalue weighted by Gasteiger charge is 2.12. The zero-order valence-electron chi connectivity index (χ0n) is 13.1. The summed E-state index contributed by atoms with van der Waals surface area (Å²) in [7, 11) is 0. The zero-order valence-corrected chi connectivity index (χ0v) is 13.1. The highest BCUT2D eigenvalue weighted by Crippen LogP contribution is 2.16. The number of nitrogens with zero attached hydrogens (tertiary/aromatic N) is 1. The molecule has 0 fully saturated rings. The summed E-state index contributed by atoms with van der Waals surface area (Å²) in [5.74, 6) is 0.275. The van der Waals surface area contributed by atoms with Crippen molar-refractivity contribution in [3.05, 3.63) is 34.6 Å². The second-order valence-corrected chi connectivity index (χ2v) is 5.32. The number of aliphatic hydroxyl groups is 1. The van der Waals surface area contributed by atoms with Gasteiger partial charge in [0.15, 0.2) is 5.82 Å². The van der Waals surface area contributed by atoms with Gasteiger partial charge in [-0.1, -0.05) is 31.5 Å². The molecule has 0 saturated heterocycles. The first-order chi connectivity index (χ1) is 11.1. The van der Waals surface area contributed by atoms with Crippen LogP contribution in [-0.2, 0) is 4.79 Å². The van der Waals surface area contributed by atoms with Gasteiger partial charge < -0.3 is 15.7 Å². The molecule has 1 atom stereocenters. The lowest BCUT2D eigenvalue weighted by atomic mass is 10.2. The summed E-state index contributed by atoms with van der Waals surface area (Å²) in [6.07, 6.45) is 0.982. The SMILES string of the molecule is CCCC(O)C(=O)NCCCNc1n[nH]c(=O)c2ccccc12. The highest BCUT2D eigenvalue weighted by atomic mass is 16.3. The molecule has 0 aliphatic heterocycles. The average Bonchev–Trinajstić information content (AvgIpc) is 2.56. The summed E-state index contributed by atoms with van der Waals surface area (Å²) in [6.45, 7) is 2.98. The maximum absolute atomic E-state index is 11.7. The molecule has 0 bridgehead atoms. The lowest BCUT2D eigenvalue weighted by molar-refractivity contribution is -0.129. The molecule has 2 rings (SSSR count). The Morgan fingerprint density at radius 1 is 1.30 bits per heavy atom. The van der Waals surface area contributed by atoms with Crippen molar-refractivity contribution in [1.82, 2.24) is 15.5 Å². The average molecular weight is 318 g/mol. The number of rotatable bonds is 8. The molecule has 1 heterocycles. The van der Waals surface area contributed by atoms with Crippen LogP contribution in [0.2, 0.25) is 0 Å². The minimum absolute atomic E-state index is 0.219. The number of hydrogen-bond acceptors (Lipinski definition) is 5. The van der Waals surface area contributed by atoms with Crippen molar-refractivity contribution < 1.29 is 9.90 Å². The van der Waals surface area contributed by atoms with Crippen molar-refractivity contribution in [2.24, 2.45) is 0 Å². The van der Waals surface area contributed by atoms with Crippen molar-refractivity contribution >= 4 is 22.5 Å². The van der Waals surface area contributed by atoms with Crippen LogP contribution in [-0.4, -0.2) is 40.4 Å². The summed E-state index contributed by atoms with van der Waals surface area (Å²) >= 11 is 0. The zero-order chi connectivity index (χ0) is 16.7. The van der Waals surface area contributed by atoms with E-state index in [1.807, 2.05) is 19.1 Å². The van der Waals surface area contributed by atoms with Crippen LogP contribution < -0.4 is 16.2 Å². The van der Waals surface area contributed by atoms with Gasteiger partial charge in [-0.3, -0.25) is 9.59 Å². The van der Waals surface area contributed by atoms with Crippen molar-refractivity contribution in [3.8, 4) is 0 Å². The molecule has 4 N–H and O–H groups in total. The largest absolute Gasteiger partial charge is 0.383 e. The molecule has 7 heteroatoms. The van der Waals surface area contributed by atoms with Gasteiger partial charge in [0.1, 0.15) is 6.10 Å². The smallest absolute Gasteiger partial charge is 0.272 e. The number of aliphatic hydroxyl groups excluding tert-OH is 1. The molecule has 1 amide bonds. The van der Waals surface area contributed by atoms with E-state index in [2.05, 4.69) is 20.8 Å². The van der Waals surface area contributed by atoms with Gasteiger partial charge in [0, 0.05) is 18.5 Å². The molecule has 1 unspecified atom stereocenters. The Kier molecular flexibility index (Phi) is 6.10. The Morgan fingerprint density at radius 2 is 2.04 bits per heavy atom. The van der Waals surface area contributed by atoms with Crippen LogP contribution in [0.4, 0.5) is 5.82 Å². The number of benzene rings is 1. The number of fused-ring (bicyclic) bond motifs is 1. The van der Waals surface area contributed by atoms with E-state index in [1.165, 1.54) is 0 Å². The lowest BCUT2D eigenvalue weighted by Crippen LogP contribution is -2.35. The lowest BCUT2D eigenvalue weighted by Gasteiger charge is -2.11. The normalized spacial score (nSPS) is 12.1. The molecular weight excluding hydrogens is 296 g/mol. The molecule has 1 aromatic heterocycles. The second kappa shape index (κ2) is 8.28. The molecule has 0 aliphatic rings. The summed E-state index contributed by atoms with van der Waals surface area (Å²) < 4.78 is 0. The van der Waals surface area contributed by atoms with Crippen LogP contribution in [0, 0.1) is 0 Å². The molecular formula is C16H22N4O3. The molecule has 124 valence electrons. The molecule has 0 saturated carbocycles. The minimum Gasteiger partial charge on any atom is -0.383 e. The number of amides is 1. The molecule has 0 spiro atoms. The van der Waals surface area contributed by atoms with Gasteiger partial charge in [-0.25, -0.2) is 5.10 Å². The topological polar surface area (TPSA) is 107 Å². The van der Waals surface area contributed by atoms with Crippen molar-refractivity contribution in [2.75, 3.05) is 18.4 Å². The van der Waals surface area contributed by atoms with Gasteiger partial charge in [0.05, 0.1) is 5.39 Å². The van der Waals surface area contributed by atoms with Crippen molar-refractivity contribution in [2.45, 2.75) is 32.3 Å². The van der Waals surface area contributed by atoms with Gasteiger partial charge in [-0.2, -0.15) is 5.10 Å². The van der Waals surface area contributed by atoms with Gasteiger partial charge in [-0.05, 0) is 18.9 Å². The predicted octanol–water partition coefficient (Wildman–Crippen LogP) is 1.00. The quantitative estimate of drug-likeness (QED) is 0.543. The number of aromatic amines is 1. The van der Waals surface area contributed by atoms with Crippen molar-refractivity contribution in [3.63, 3.8) is 0 Å². The van der Waals surface area contributed by atoms with Crippen LogP contribution >= 0.6 is 0 Å². The van der Waals surface area contributed by atoms with Gasteiger partial charge in [0.2, 0.25) is 5.91 Å². The third-order valence-electron chi connectivity index (χ3n) is 3.51. The van der Waals surface area contributed by atoms with Gasteiger partial charge >= 0.3 is 0 Å². The molecule has 1 aromatic carbocycles. The summed E-state index contributed by atoms with van der Waals surface area (Å²) in [5, 5.41) is 23.2. The number of carbonyl (C=O) groups excluding carboxylic acids is 1. The molecule has 0 radical (unpaired) electrons. The first-order valence-corrected chi connectivity index (χ1v) is 7.80. The van der Waals surface area contributed by atoms with E-state index in [0.717, 1.165) is 11.8 Å². The summed E-state index contributed by atoms with van der Waals surface area (Å²) in [5.41, 5.74) is -0.219. The Labute approximate surface area is 134 Å². The van der Waals surface area contributed by atoms with Crippen LogP contribution in [0.15, 0.2) is 29.1 Å². The Morgan fingerprint density at radius 3 is 2.78 bits per heavy atom. The number of aromatic nitrogens is 2. The summed E-state index contributed by atoms with van der Waals surface area (Å²) in [4.78, 5) is 23.2. The van der Waals surface area contributed by atoms with Gasteiger partial charge in [0.25, 0.3) is 5.56 Å². The molecule has 23 heavy (non-hydrogen) atoms. The van der Waals surface area contributed by atoms with E-state index in [1.54, 1.807) is 12.1 Å². The predicted molar refractivity (Wildman–Crippen MR) is 89.4 cm³/mol. The van der Waals surface area contributed by atoms with Crippen LogP contribution in [0.3, 0.4) is 0 Å². The monoisotopic (exact) mass is 318 g/mol. The van der Waals surface area contributed by atoms with E-state index in [-0.39, 0.29) is 11.5 Å². The second-order valence-electron chi connectivity index (χ2n) is 5.32. The molecule has 0 aliphatic carbocycles. The Balaban J connectivity index is 1.83. The number of carbonyl (C=O) groups is 1. The highest BCUT2D eigenvalue weighted by molar-refractivity contribution is 5.90. The van der Waals surface area contributed by atoms with E-state index >= 15 is 0 Å². The van der Waals surface area contributed by atoms with Crippen LogP contribution in [0.25, 0.3) is 10.8 Å². The summed E-state index contributed by atoms with van der Waals surface area (Å²) in [6, 6.07) is 7.24. The number of anilines is 1. The van der Waals surface area contributed by atoms with Crippen LogP contribution in [0.1, 0.15) is 26.2 Å². The first kappa shape index (κ1) is 17.0. The third kappa shape index (κ3) is 4.53. The van der Waals surface area contributed by atoms with E-state index in [4.69, 9.17) is 0 Å². The fourth-order valence-electron chi connectivity index (χ4n) is 2.28. The number of H-pyrrole nitrogens is 1. The van der Waals surface area contributed by atoms with E-state index < -0.39 is 6.10 Å². The maximum atomic E-state index is 11.7. The minimum atomic E-state index is -0.933. The Hall–Kier alpha value is -2.41. The van der Waals surface area contributed by atoms with Crippen LogP contribution in [0.5, 0.6) is 0 Å². The van der Waals surface area contributed by atoms with E-state index in [9.17, 15) is 14.7 Å². The number of nitrogens with one attached hydrogen (secondary N) is 3. The van der Waals surface area contributed by atoms with Crippen molar-refractivity contribution in [1.29, 1.82) is 0 Å². The molecule has 7 nitrogen and oxygen atoms in total. The number of hydrogen-bond donors (Lipinski definition) is 4. The fourth-order valence-corrected chi connectivity index (χ4v) is 2.28. The third-order valence-corrected chi connectivity index (χ3v) is 3.51. The standard InChI is InChI=1S/C16H22N4O3/c1-2-6-13(21)16(23)18-10-5-9-17-14-11-7-3-4-8-12(11)15(22)20-19-14/h3-4,7-8,13,21H,2,5-6,9-10H2,1H3,(H,17,19)(H,18,23)(H,20,22). The van der Waals surface area contributed by atoms with Gasteiger partial charge in [-0.15, -0.1) is 0 Å². The fraction of sp³-hybridized carbons (Fsp3) is 0.438. The molecule has 2 aromatic rings. The first-order valence-electron chi connectivity index (χ1n) is 7.80. The maximum Gasteiger partial charge on any atom is 0.272 e.